The lowest BCUT2D eigenvalue weighted by Crippen LogP contribution is -1.99. The molecule has 0 unspecified atom stereocenters. The van der Waals surface area contributed by atoms with Crippen molar-refractivity contribution in [1.29, 1.82) is 0 Å². The lowest BCUT2D eigenvalue weighted by Gasteiger charge is -2.01. The summed E-state index contributed by atoms with van der Waals surface area (Å²) in [5, 5.41) is 13.1. The van der Waals surface area contributed by atoms with Crippen molar-refractivity contribution in [2.75, 3.05) is 0 Å². The summed E-state index contributed by atoms with van der Waals surface area (Å²) in [6, 6.07) is 8.32. The van der Waals surface area contributed by atoms with Gasteiger partial charge in [0.25, 0.3) is 0 Å². The number of halogens is 1. The number of aromatic nitrogens is 2. The van der Waals surface area contributed by atoms with Gasteiger partial charge < -0.3 is 5.11 Å². The number of hydrogen-bond donors (Lipinski definition) is 1. The summed E-state index contributed by atoms with van der Waals surface area (Å²) < 4.78 is 3.06. The van der Waals surface area contributed by atoms with Crippen LogP contribution in [-0.4, -0.2) is 14.9 Å². The molecule has 1 aromatic heterocycles. The molecule has 0 amide bonds. The lowest BCUT2D eigenvalue weighted by molar-refractivity contribution is 0.281. The fourth-order valence-electron chi connectivity index (χ4n) is 1.35. The Morgan fingerprint density at radius 2 is 1.93 bits per heavy atom. The lowest BCUT2D eigenvalue weighted by atomic mass is 10.2. The summed E-state index contributed by atoms with van der Waals surface area (Å²) in [5.74, 6) is 0. The Morgan fingerprint density at radius 1 is 1.20 bits per heavy atom. The van der Waals surface area contributed by atoms with Gasteiger partial charge in [0, 0.05) is 15.3 Å². The smallest absolute Gasteiger partial charge is 0.0712 e. The zero-order chi connectivity index (χ0) is 10.7. The molecule has 1 N–H and O–H groups in total. The molecule has 2 rings (SSSR count). The van der Waals surface area contributed by atoms with E-state index in [2.05, 4.69) is 52.0 Å². The molecule has 4 heteroatoms. The van der Waals surface area contributed by atoms with Gasteiger partial charge in [0.05, 0.1) is 19.3 Å². The van der Waals surface area contributed by atoms with Crippen molar-refractivity contribution < 1.29 is 5.11 Å². The minimum atomic E-state index is 0.0483. The Balaban J connectivity index is 2.11. The first-order valence-electron chi connectivity index (χ1n) is 4.64. The van der Waals surface area contributed by atoms with Crippen LogP contribution in [0.15, 0.2) is 36.7 Å². The molecule has 0 saturated carbocycles. The van der Waals surface area contributed by atoms with Gasteiger partial charge in [0.15, 0.2) is 0 Å². The minimum Gasteiger partial charge on any atom is -0.392 e. The maximum absolute atomic E-state index is 8.90. The molecule has 0 fully saturated rings. The van der Waals surface area contributed by atoms with Gasteiger partial charge in [-0.25, -0.2) is 0 Å². The van der Waals surface area contributed by atoms with E-state index in [1.54, 1.807) is 6.20 Å². The molecule has 15 heavy (non-hydrogen) atoms. The van der Waals surface area contributed by atoms with E-state index in [0.717, 1.165) is 12.1 Å². The van der Waals surface area contributed by atoms with Crippen LogP contribution < -0.4 is 0 Å². The summed E-state index contributed by atoms with van der Waals surface area (Å²) >= 11 is 2.28. The Bertz CT molecular complexity index is 436. The topological polar surface area (TPSA) is 38.1 Å². The van der Waals surface area contributed by atoms with Crippen LogP contribution in [0.4, 0.5) is 0 Å². The van der Waals surface area contributed by atoms with Gasteiger partial charge in [0.1, 0.15) is 0 Å². The number of nitrogens with zero attached hydrogens (tertiary/aromatic N) is 2. The zero-order valence-electron chi connectivity index (χ0n) is 8.10. The molecule has 0 bridgehead atoms. The highest BCUT2D eigenvalue weighted by Crippen LogP contribution is 2.08. The summed E-state index contributed by atoms with van der Waals surface area (Å²) in [6.07, 6.45) is 3.55. The molecule has 0 aliphatic rings. The Kier molecular flexibility index (Phi) is 3.37. The van der Waals surface area contributed by atoms with Gasteiger partial charge in [-0.2, -0.15) is 5.10 Å². The molecule has 0 radical (unpaired) electrons. The van der Waals surface area contributed by atoms with E-state index < -0.39 is 0 Å². The summed E-state index contributed by atoms with van der Waals surface area (Å²) in [4.78, 5) is 0. The number of aliphatic hydroxyl groups is 1. The van der Waals surface area contributed by atoms with E-state index in [0.29, 0.717) is 0 Å². The molecular formula is C11H11IN2O. The third-order valence-electron chi connectivity index (χ3n) is 2.13. The van der Waals surface area contributed by atoms with Crippen LogP contribution in [0.1, 0.15) is 11.1 Å². The Labute approximate surface area is 102 Å². The molecular weight excluding hydrogens is 303 g/mol. The van der Waals surface area contributed by atoms with Crippen molar-refractivity contribution in [1.82, 2.24) is 9.78 Å². The average molecular weight is 314 g/mol. The SMILES string of the molecule is OCc1cnn(Cc2ccc(I)cc2)c1. The van der Waals surface area contributed by atoms with Crippen molar-refractivity contribution in [3.8, 4) is 0 Å². The molecule has 3 nitrogen and oxygen atoms in total. The van der Waals surface area contributed by atoms with Crippen LogP contribution in [0.3, 0.4) is 0 Å². The van der Waals surface area contributed by atoms with E-state index in [1.165, 1.54) is 9.13 Å². The fourth-order valence-corrected chi connectivity index (χ4v) is 1.71. The van der Waals surface area contributed by atoms with Crippen molar-refractivity contribution in [3.63, 3.8) is 0 Å². The van der Waals surface area contributed by atoms with Crippen LogP contribution in [-0.2, 0) is 13.2 Å². The first kappa shape index (κ1) is 10.6. The zero-order valence-corrected chi connectivity index (χ0v) is 10.3. The highest BCUT2D eigenvalue weighted by Gasteiger charge is 1.98. The average Bonchev–Trinajstić information content (AvgIpc) is 2.69. The molecule has 1 aromatic carbocycles. The molecule has 1 heterocycles. The molecule has 2 aromatic rings. The second-order valence-corrected chi connectivity index (χ2v) is 4.58. The fraction of sp³-hybridized carbons (Fsp3) is 0.182. The Hall–Kier alpha value is -0.880. The van der Waals surface area contributed by atoms with Gasteiger partial charge in [-0.15, -0.1) is 0 Å². The first-order chi connectivity index (χ1) is 7.28. The maximum atomic E-state index is 8.90. The van der Waals surface area contributed by atoms with Gasteiger partial charge in [0.2, 0.25) is 0 Å². The maximum Gasteiger partial charge on any atom is 0.0712 e. The first-order valence-corrected chi connectivity index (χ1v) is 5.72. The summed E-state index contributed by atoms with van der Waals surface area (Å²) in [6.45, 7) is 0.795. The monoisotopic (exact) mass is 314 g/mol. The largest absolute Gasteiger partial charge is 0.392 e. The van der Waals surface area contributed by atoms with Gasteiger partial charge in [-0.1, -0.05) is 12.1 Å². The predicted molar refractivity (Wildman–Crippen MR) is 66.4 cm³/mol. The van der Waals surface area contributed by atoms with E-state index >= 15 is 0 Å². The van der Waals surface area contributed by atoms with E-state index in [9.17, 15) is 0 Å². The van der Waals surface area contributed by atoms with Crippen molar-refractivity contribution in [2.24, 2.45) is 0 Å². The molecule has 0 saturated heterocycles. The van der Waals surface area contributed by atoms with Crippen LogP contribution in [0.5, 0.6) is 0 Å². The van der Waals surface area contributed by atoms with E-state index in [4.69, 9.17) is 5.11 Å². The van der Waals surface area contributed by atoms with Crippen molar-refractivity contribution >= 4 is 22.6 Å². The summed E-state index contributed by atoms with van der Waals surface area (Å²) in [5.41, 5.74) is 2.06. The number of rotatable bonds is 3. The second-order valence-electron chi connectivity index (χ2n) is 3.33. The van der Waals surface area contributed by atoms with Crippen LogP contribution in [0, 0.1) is 3.57 Å². The molecule has 0 atom stereocenters. The van der Waals surface area contributed by atoms with Crippen LogP contribution >= 0.6 is 22.6 Å². The van der Waals surface area contributed by atoms with Gasteiger partial charge in [-0.3, -0.25) is 4.68 Å². The minimum absolute atomic E-state index is 0.0483. The predicted octanol–water partition coefficient (Wildman–Crippen LogP) is 2.03. The third kappa shape index (κ3) is 2.79. The van der Waals surface area contributed by atoms with Crippen molar-refractivity contribution in [2.45, 2.75) is 13.2 Å². The van der Waals surface area contributed by atoms with Gasteiger partial charge >= 0.3 is 0 Å². The molecule has 0 aliphatic heterocycles. The molecule has 78 valence electrons. The quantitative estimate of drug-likeness (QED) is 0.881. The van der Waals surface area contributed by atoms with Gasteiger partial charge in [-0.05, 0) is 40.3 Å². The number of aliphatic hydroxyl groups excluding tert-OH is 1. The van der Waals surface area contributed by atoms with Crippen molar-refractivity contribution in [3.05, 3.63) is 51.4 Å². The number of benzene rings is 1. The van der Waals surface area contributed by atoms with E-state index in [1.807, 2.05) is 10.9 Å². The Morgan fingerprint density at radius 3 is 2.53 bits per heavy atom. The number of hydrogen-bond acceptors (Lipinski definition) is 2. The van der Waals surface area contributed by atoms with E-state index in [-0.39, 0.29) is 6.61 Å². The standard InChI is InChI=1S/C11H11IN2O/c12-11-3-1-9(2-4-11)6-14-7-10(8-15)5-13-14/h1-5,7,15H,6,8H2. The highest BCUT2D eigenvalue weighted by atomic mass is 127. The second kappa shape index (κ2) is 4.76. The molecule has 0 aliphatic carbocycles. The van der Waals surface area contributed by atoms with Crippen LogP contribution in [0.2, 0.25) is 0 Å². The van der Waals surface area contributed by atoms with Crippen LogP contribution in [0.25, 0.3) is 0 Å². The highest BCUT2D eigenvalue weighted by molar-refractivity contribution is 14.1. The third-order valence-corrected chi connectivity index (χ3v) is 2.85. The summed E-state index contributed by atoms with van der Waals surface area (Å²) in [7, 11) is 0. The normalized spacial score (nSPS) is 10.5. The molecule has 0 spiro atoms.